The van der Waals surface area contributed by atoms with E-state index in [2.05, 4.69) is 10.2 Å². The van der Waals surface area contributed by atoms with Gasteiger partial charge in [0.15, 0.2) is 0 Å². The zero-order valence-electron chi connectivity index (χ0n) is 7.54. The SMILES string of the molecule is C1CCCN(C2[N]CCS2)CC1. The van der Waals surface area contributed by atoms with Gasteiger partial charge in [0.25, 0.3) is 0 Å². The second-order valence-corrected chi connectivity index (χ2v) is 4.72. The van der Waals surface area contributed by atoms with Crippen LogP contribution in [0.25, 0.3) is 0 Å². The number of hydrogen-bond donors (Lipinski definition) is 0. The predicted octanol–water partition coefficient (Wildman–Crippen LogP) is 1.50. The van der Waals surface area contributed by atoms with E-state index in [1.54, 1.807) is 0 Å². The molecule has 0 N–H and O–H groups in total. The zero-order valence-corrected chi connectivity index (χ0v) is 8.35. The molecular formula is C9H17N2S. The van der Waals surface area contributed by atoms with Crippen molar-refractivity contribution in [3.63, 3.8) is 0 Å². The Morgan fingerprint density at radius 1 is 1.08 bits per heavy atom. The van der Waals surface area contributed by atoms with Gasteiger partial charge < -0.3 is 0 Å². The average molecular weight is 185 g/mol. The highest BCUT2D eigenvalue weighted by Gasteiger charge is 2.23. The number of rotatable bonds is 1. The van der Waals surface area contributed by atoms with Crippen LogP contribution in [0.3, 0.4) is 0 Å². The highest BCUT2D eigenvalue weighted by molar-refractivity contribution is 8.00. The van der Waals surface area contributed by atoms with Gasteiger partial charge in [-0.2, -0.15) is 0 Å². The topological polar surface area (TPSA) is 17.3 Å². The lowest BCUT2D eigenvalue weighted by molar-refractivity contribution is 0.243. The van der Waals surface area contributed by atoms with Gasteiger partial charge >= 0.3 is 0 Å². The second kappa shape index (κ2) is 4.49. The lowest BCUT2D eigenvalue weighted by Crippen LogP contribution is -2.37. The Morgan fingerprint density at radius 2 is 1.83 bits per heavy atom. The first-order valence-corrected chi connectivity index (χ1v) is 6.04. The summed E-state index contributed by atoms with van der Waals surface area (Å²) in [6.45, 7) is 3.63. The molecule has 1 radical (unpaired) electrons. The summed E-state index contributed by atoms with van der Waals surface area (Å²) >= 11 is 2.02. The van der Waals surface area contributed by atoms with Gasteiger partial charge in [0, 0.05) is 25.4 Å². The third kappa shape index (κ3) is 2.15. The van der Waals surface area contributed by atoms with Crippen molar-refractivity contribution in [2.24, 2.45) is 0 Å². The molecule has 0 spiro atoms. The number of thioether (sulfide) groups is 1. The van der Waals surface area contributed by atoms with Gasteiger partial charge in [0.05, 0.1) is 0 Å². The molecule has 0 amide bonds. The van der Waals surface area contributed by atoms with E-state index >= 15 is 0 Å². The van der Waals surface area contributed by atoms with Crippen molar-refractivity contribution in [1.82, 2.24) is 10.2 Å². The molecule has 0 bridgehead atoms. The first kappa shape index (κ1) is 8.85. The van der Waals surface area contributed by atoms with Crippen LogP contribution in [-0.2, 0) is 0 Å². The van der Waals surface area contributed by atoms with Crippen molar-refractivity contribution >= 4 is 11.8 Å². The first-order valence-electron chi connectivity index (χ1n) is 4.99. The van der Waals surface area contributed by atoms with E-state index in [4.69, 9.17) is 0 Å². The fourth-order valence-electron chi connectivity index (χ4n) is 1.91. The van der Waals surface area contributed by atoms with E-state index in [0.717, 1.165) is 6.54 Å². The van der Waals surface area contributed by atoms with E-state index in [-0.39, 0.29) is 0 Å². The molecule has 0 aromatic heterocycles. The van der Waals surface area contributed by atoms with Crippen LogP contribution in [0.4, 0.5) is 0 Å². The molecule has 2 rings (SSSR count). The molecule has 2 heterocycles. The smallest absolute Gasteiger partial charge is 0.124 e. The minimum atomic E-state index is 0.517. The Labute approximate surface area is 79.1 Å². The van der Waals surface area contributed by atoms with E-state index < -0.39 is 0 Å². The standard InChI is InChI=1S/C9H17N2S/c1-2-4-7-11(6-3-1)9-10-5-8-12-9/h9H,1-8H2. The molecule has 0 saturated carbocycles. The van der Waals surface area contributed by atoms with Crippen molar-refractivity contribution in [2.45, 2.75) is 31.2 Å². The van der Waals surface area contributed by atoms with Crippen LogP contribution in [-0.4, -0.2) is 35.8 Å². The lowest BCUT2D eigenvalue weighted by Gasteiger charge is -2.25. The molecular weight excluding hydrogens is 168 g/mol. The molecule has 2 fully saturated rings. The maximum atomic E-state index is 4.59. The maximum absolute atomic E-state index is 4.59. The molecule has 0 aromatic rings. The minimum absolute atomic E-state index is 0.517. The molecule has 2 aliphatic rings. The normalized spacial score (nSPS) is 33.5. The number of nitrogens with zero attached hydrogens (tertiary/aromatic N) is 2. The summed E-state index contributed by atoms with van der Waals surface area (Å²) in [6.07, 6.45) is 5.61. The van der Waals surface area contributed by atoms with Crippen LogP contribution in [0.1, 0.15) is 25.7 Å². The summed E-state index contributed by atoms with van der Waals surface area (Å²) in [5.41, 5.74) is 0.517. The fourth-order valence-corrected chi connectivity index (χ4v) is 2.96. The fraction of sp³-hybridized carbons (Fsp3) is 1.00. The molecule has 1 atom stereocenters. The monoisotopic (exact) mass is 185 g/mol. The molecule has 1 unspecified atom stereocenters. The van der Waals surface area contributed by atoms with Crippen LogP contribution in [0.2, 0.25) is 0 Å². The van der Waals surface area contributed by atoms with E-state index in [0.29, 0.717) is 5.50 Å². The van der Waals surface area contributed by atoms with Gasteiger partial charge in [0.2, 0.25) is 0 Å². The Balaban J connectivity index is 1.83. The first-order chi connectivity index (χ1) is 5.97. The van der Waals surface area contributed by atoms with Crippen molar-refractivity contribution in [1.29, 1.82) is 0 Å². The van der Waals surface area contributed by atoms with E-state index in [1.807, 2.05) is 11.8 Å². The predicted molar refractivity (Wildman–Crippen MR) is 53.3 cm³/mol. The number of likely N-dealkylation sites (tertiary alicyclic amines) is 1. The van der Waals surface area contributed by atoms with Gasteiger partial charge in [0.1, 0.15) is 5.50 Å². The van der Waals surface area contributed by atoms with Crippen molar-refractivity contribution in [3.8, 4) is 0 Å². The van der Waals surface area contributed by atoms with Gasteiger partial charge in [-0.3, -0.25) is 4.90 Å². The Kier molecular flexibility index (Phi) is 3.31. The lowest BCUT2D eigenvalue weighted by atomic mass is 10.2. The van der Waals surface area contributed by atoms with Crippen LogP contribution in [0.15, 0.2) is 0 Å². The highest BCUT2D eigenvalue weighted by atomic mass is 32.2. The molecule has 0 aliphatic carbocycles. The Bertz CT molecular complexity index is 126. The van der Waals surface area contributed by atoms with Gasteiger partial charge in [-0.1, -0.05) is 12.8 Å². The average Bonchev–Trinajstić information content (AvgIpc) is 2.48. The van der Waals surface area contributed by atoms with Crippen molar-refractivity contribution in [3.05, 3.63) is 0 Å². The third-order valence-corrected chi connectivity index (χ3v) is 3.76. The summed E-state index contributed by atoms with van der Waals surface area (Å²) in [5.74, 6) is 1.24. The Morgan fingerprint density at radius 3 is 2.42 bits per heavy atom. The van der Waals surface area contributed by atoms with Crippen molar-refractivity contribution in [2.75, 3.05) is 25.4 Å². The van der Waals surface area contributed by atoms with Crippen molar-refractivity contribution < 1.29 is 0 Å². The van der Waals surface area contributed by atoms with E-state index in [9.17, 15) is 0 Å². The third-order valence-electron chi connectivity index (χ3n) is 2.60. The van der Waals surface area contributed by atoms with E-state index in [1.165, 1.54) is 44.5 Å². The van der Waals surface area contributed by atoms with Crippen LogP contribution >= 0.6 is 11.8 Å². The highest BCUT2D eigenvalue weighted by Crippen LogP contribution is 2.22. The van der Waals surface area contributed by atoms with Crippen LogP contribution in [0.5, 0.6) is 0 Å². The molecule has 69 valence electrons. The molecule has 12 heavy (non-hydrogen) atoms. The largest absolute Gasteiger partial charge is 0.278 e. The van der Waals surface area contributed by atoms with Gasteiger partial charge in [-0.25, -0.2) is 5.32 Å². The summed E-state index contributed by atoms with van der Waals surface area (Å²) in [4.78, 5) is 2.56. The molecule has 2 aliphatic heterocycles. The molecule has 2 saturated heterocycles. The second-order valence-electron chi connectivity index (χ2n) is 3.55. The quantitative estimate of drug-likeness (QED) is 0.616. The molecule has 0 aromatic carbocycles. The summed E-state index contributed by atoms with van der Waals surface area (Å²) in [6, 6.07) is 0. The van der Waals surface area contributed by atoms with Gasteiger partial charge in [-0.05, 0) is 12.8 Å². The van der Waals surface area contributed by atoms with Gasteiger partial charge in [-0.15, -0.1) is 11.8 Å². The maximum Gasteiger partial charge on any atom is 0.124 e. The summed E-state index contributed by atoms with van der Waals surface area (Å²) in [5, 5.41) is 4.59. The van der Waals surface area contributed by atoms with Crippen LogP contribution in [0, 0.1) is 0 Å². The Hall–Kier alpha value is 0.270. The summed E-state index contributed by atoms with van der Waals surface area (Å²) < 4.78 is 0. The number of hydrogen-bond acceptors (Lipinski definition) is 2. The van der Waals surface area contributed by atoms with Crippen LogP contribution < -0.4 is 5.32 Å². The summed E-state index contributed by atoms with van der Waals surface area (Å²) in [7, 11) is 0. The minimum Gasteiger partial charge on any atom is -0.278 e. The molecule has 3 heteroatoms. The zero-order chi connectivity index (χ0) is 8.23. The molecule has 2 nitrogen and oxygen atoms in total.